The molecule has 6 heteroatoms. The summed E-state index contributed by atoms with van der Waals surface area (Å²) in [5.74, 6) is 1.76. The Morgan fingerprint density at radius 3 is 2.63 bits per heavy atom. The molecule has 1 aliphatic rings. The number of fused-ring (bicyclic) bond motifs is 1. The highest BCUT2D eigenvalue weighted by atomic mass is 32.1. The summed E-state index contributed by atoms with van der Waals surface area (Å²) in [5, 5.41) is 8.08. The van der Waals surface area contributed by atoms with Crippen LogP contribution in [-0.2, 0) is 25.7 Å². The van der Waals surface area contributed by atoms with Crippen molar-refractivity contribution >= 4 is 17.3 Å². The van der Waals surface area contributed by atoms with Crippen LogP contribution >= 0.6 is 11.3 Å². The fourth-order valence-electron chi connectivity index (χ4n) is 3.30. The molecule has 1 aromatic heterocycles. The monoisotopic (exact) mass is 386 g/mol. The van der Waals surface area contributed by atoms with Crippen LogP contribution in [0.25, 0.3) is 0 Å². The number of guanidine groups is 1. The van der Waals surface area contributed by atoms with Gasteiger partial charge < -0.3 is 15.4 Å². The van der Waals surface area contributed by atoms with Crippen molar-refractivity contribution in [2.45, 2.75) is 44.9 Å². The van der Waals surface area contributed by atoms with Crippen molar-refractivity contribution in [3.63, 3.8) is 0 Å². The Morgan fingerprint density at radius 2 is 1.89 bits per heavy atom. The lowest BCUT2D eigenvalue weighted by Gasteiger charge is -2.11. The fraction of sp³-hybridized carbons (Fsp3) is 0.524. The van der Waals surface area contributed by atoms with Gasteiger partial charge in [0.1, 0.15) is 5.75 Å². The van der Waals surface area contributed by atoms with Gasteiger partial charge in [0, 0.05) is 31.4 Å². The molecule has 0 fully saturated rings. The molecule has 27 heavy (non-hydrogen) atoms. The first-order valence-electron chi connectivity index (χ1n) is 9.83. The molecule has 0 spiro atoms. The Labute approximate surface area is 166 Å². The number of ether oxygens (including phenoxy) is 1. The van der Waals surface area contributed by atoms with Crippen LogP contribution < -0.4 is 15.4 Å². The molecular formula is C21H30N4OS. The number of nitrogens with zero attached hydrogens (tertiary/aromatic N) is 2. The maximum Gasteiger partial charge on any atom is 0.190 e. The van der Waals surface area contributed by atoms with E-state index in [0.29, 0.717) is 0 Å². The average Bonchev–Trinajstić information content (AvgIpc) is 3.13. The normalized spacial score (nSPS) is 13.9. The van der Waals surface area contributed by atoms with Gasteiger partial charge in [0.15, 0.2) is 5.96 Å². The second kappa shape index (κ2) is 10.3. The topological polar surface area (TPSA) is 58.5 Å². The van der Waals surface area contributed by atoms with Crippen LogP contribution in [0.1, 0.15) is 40.4 Å². The summed E-state index contributed by atoms with van der Waals surface area (Å²) in [4.78, 5) is 10.7. The molecule has 1 aliphatic carbocycles. The van der Waals surface area contributed by atoms with Crippen LogP contribution in [0, 0.1) is 0 Å². The number of aromatic nitrogens is 1. The van der Waals surface area contributed by atoms with Gasteiger partial charge in [-0.25, -0.2) is 4.98 Å². The molecule has 0 aliphatic heterocycles. The summed E-state index contributed by atoms with van der Waals surface area (Å²) in [6.07, 6.45) is 8.12. The van der Waals surface area contributed by atoms with Crippen molar-refractivity contribution in [2.75, 3.05) is 27.2 Å². The molecule has 1 aromatic carbocycles. The number of aryl methyl sites for hydroxylation is 3. The predicted octanol–water partition coefficient (Wildman–Crippen LogP) is 3.37. The molecule has 3 rings (SSSR count). The minimum absolute atomic E-state index is 0.852. The summed E-state index contributed by atoms with van der Waals surface area (Å²) in [5.41, 5.74) is 2.65. The maximum absolute atomic E-state index is 5.19. The van der Waals surface area contributed by atoms with E-state index in [2.05, 4.69) is 27.8 Å². The van der Waals surface area contributed by atoms with E-state index in [1.807, 2.05) is 30.5 Å². The van der Waals surface area contributed by atoms with E-state index in [4.69, 9.17) is 9.72 Å². The molecule has 0 bridgehead atoms. The summed E-state index contributed by atoms with van der Waals surface area (Å²) >= 11 is 1.92. The number of hydrogen-bond acceptors (Lipinski definition) is 4. The van der Waals surface area contributed by atoms with E-state index < -0.39 is 0 Å². The predicted molar refractivity (Wildman–Crippen MR) is 113 cm³/mol. The second-order valence-electron chi connectivity index (χ2n) is 6.81. The smallest absolute Gasteiger partial charge is 0.190 e. The lowest BCUT2D eigenvalue weighted by molar-refractivity contribution is 0.414. The minimum Gasteiger partial charge on any atom is -0.497 e. The molecule has 0 atom stereocenters. The van der Waals surface area contributed by atoms with Crippen LogP contribution in [0.3, 0.4) is 0 Å². The number of hydrogen-bond donors (Lipinski definition) is 2. The van der Waals surface area contributed by atoms with Gasteiger partial charge in [0.25, 0.3) is 0 Å². The standard InChI is InChI=1S/C21H30N4OS/c1-22-21(24-15-13-16-9-11-17(26-2)12-10-16)23-14-5-8-20-25-18-6-3-4-7-19(18)27-20/h9-12H,3-8,13-15H2,1-2H3,(H2,22,23,24). The number of methoxy groups -OCH3 is 1. The van der Waals surface area contributed by atoms with Crippen molar-refractivity contribution in [3.8, 4) is 5.75 Å². The molecule has 0 saturated carbocycles. The molecule has 0 saturated heterocycles. The first-order chi connectivity index (χ1) is 13.3. The third-order valence-electron chi connectivity index (χ3n) is 4.84. The Morgan fingerprint density at radius 1 is 1.11 bits per heavy atom. The van der Waals surface area contributed by atoms with Crippen LogP contribution in [-0.4, -0.2) is 38.2 Å². The van der Waals surface area contributed by atoms with Gasteiger partial charge in [-0.1, -0.05) is 12.1 Å². The Bertz CT molecular complexity index is 716. The average molecular weight is 387 g/mol. The lowest BCUT2D eigenvalue weighted by atomic mass is 10.0. The van der Waals surface area contributed by atoms with E-state index in [1.165, 1.54) is 46.8 Å². The van der Waals surface area contributed by atoms with Crippen LogP contribution in [0.5, 0.6) is 5.75 Å². The van der Waals surface area contributed by atoms with E-state index in [0.717, 1.165) is 44.1 Å². The summed E-state index contributed by atoms with van der Waals surface area (Å²) < 4.78 is 5.19. The van der Waals surface area contributed by atoms with Crippen LogP contribution in [0.4, 0.5) is 0 Å². The van der Waals surface area contributed by atoms with Gasteiger partial charge >= 0.3 is 0 Å². The third-order valence-corrected chi connectivity index (χ3v) is 6.06. The Kier molecular flexibility index (Phi) is 7.51. The van der Waals surface area contributed by atoms with E-state index >= 15 is 0 Å². The lowest BCUT2D eigenvalue weighted by Crippen LogP contribution is -2.38. The van der Waals surface area contributed by atoms with Crippen LogP contribution in [0.15, 0.2) is 29.3 Å². The molecule has 2 aromatic rings. The second-order valence-corrected chi connectivity index (χ2v) is 7.98. The molecular weight excluding hydrogens is 356 g/mol. The zero-order chi connectivity index (χ0) is 18.9. The highest BCUT2D eigenvalue weighted by molar-refractivity contribution is 7.11. The number of benzene rings is 1. The summed E-state index contributed by atoms with van der Waals surface area (Å²) in [6.45, 7) is 1.76. The molecule has 0 amide bonds. The zero-order valence-electron chi connectivity index (χ0n) is 16.4. The van der Waals surface area contributed by atoms with Crippen molar-refractivity contribution in [1.82, 2.24) is 15.6 Å². The largest absolute Gasteiger partial charge is 0.497 e. The first kappa shape index (κ1) is 19.7. The third kappa shape index (κ3) is 5.96. The number of nitrogens with one attached hydrogen (secondary N) is 2. The number of thiazole rings is 1. The number of aliphatic imine (C=N–C) groups is 1. The van der Waals surface area contributed by atoms with Gasteiger partial charge in [0.2, 0.25) is 0 Å². The Hall–Kier alpha value is -2.08. The molecule has 5 nitrogen and oxygen atoms in total. The van der Waals surface area contributed by atoms with E-state index in [9.17, 15) is 0 Å². The van der Waals surface area contributed by atoms with Crippen molar-refractivity contribution in [2.24, 2.45) is 4.99 Å². The molecule has 0 radical (unpaired) electrons. The molecule has 146 valence electrons. The fourth-order valence-corrected chi connectivity index (χ4v) is 4.50. The molecule has 1 heterocycles. The van der Waals surface area contributed by atoms with Gasteiger partial charge in [-0.3, -0.25) is 4.99 Å². The number of rotatable bonds is 8. The first-order valence-corrected chi connectivity index (χ1v) is 10.6. The molecule has 2 N–H and O–H groups in total. The summed E-state index contributed by atoms with van der Waals surface area (Å²) in [6, 6.07) is 8.20. The van der Waals surface area contributed by atoms with Crippen molar-refractivity contribution in [1.29, 1.82) is 0 Å². The SMILES string of the molecule is CN=C(NCCCc1nc2c(s1)CCCC2)NCCc1ccc(OC)cc1. The zero-order valence-corrected chi connectivity index (χ0v) is 17.2. The van der Waals surface area contributed by atoms with E-state index in [-0.39, 0.29) is 0 Å². The van der Waals surface area contributed by atoms with Gasteiger partial charge in [-0.2, -0.15) is 0 Å². The quantitative estimate of drug-likeness (QED) is 0.415. The maximum atomic E-state index is 5.19. The van der Waals surface area contributed by atoms with Crippen molar-refractivity contribution in [3.05, 3.63) is 45.4 Å². The van der Waals surface area contributed by atoms with Gasteiger partial charge in [-0.15, -0.1) is 11.3 Å². The molecule has 0 unspecified atom stereocenters. The Balaban J connectivity index is 1.33. The highest BCUT2D eigenvalue weighted by Crippen LogP contribution is 2.27. The van der Waals surface area contributed by atoms with Crippen LogP contribution in [0.2, 0.25) is 0 Å². The van der Waals surface area contributed by atoms with E-state index in [1.54, 1.807) is 7.11 Å². The summed E-state index contributed by atoms with van der Waals surface area (Å²) in [7, 11) is 3.51. The minimum atomic E-state index is 0.852. The van der Waals surface area contributed by atoms with Crippen molar-refractivity contribution < 1.29 is 4.74 Å². The van der Waals surface area contributed by atoms with Gasteiger partial charge in [-0.05, 0) is 56.2 Å². The highest BCUT2D eigenvalue weighted by Gasteiger charge is 2.14. The van der Waals surface area contributed by atoms with Gasteiger partial charge in [0.05, 0.1) is 17.8 Å².